The quantitative estimate of drug-likeness (QED) is 0.663. The van der Waals surface area contributed by atoms with E-state index >= 15 is 0 Å². The molecule has 0 bridgehead atoms. The molecular weight excluding hydrogens is 190 g/mol. The molecule has 0 aromatic rings. The van der Waals surface area contributed by atoms with Crippen molar-refractivity contribution in [3.63, 3.8) is 0 Å². The summed E-state index contributed by atoms with van der Waals surface area (Å²) in [5, 5.41) is 0. The van der Waals surface area contributed by atoms with Crippen LogP contribution >= 0.6 is 0 Å². The zero-order valence-electron chi connectivity index (χ0n) is 10.5. The maximum atomic E-state index is 11.8. The smallest absolute Gasteiger partial charge is 0.313 e. The Labute approximate surface area is 93.4 Å². The summed E-state index contributed by atoms with van der Waals surface area (Å²) in [6, 6.07) is 0. The third kappa shape index (κ3) is 4.20. The molecule has 0 unspecified atom stereocenters. The van der Waals surface area contributed by atoms with Crippen LogP contribution in [0.15, 0.2) is 0 Å². The molecule has 3 nitrogen and oxygen atoms in total. The fourth-order valence-electron chi connectivity index (χ4n) is 1.45. The molecule has 0 radical (unpaired) electrons. The highest BCUT2D eigenvalue weighted by atomic mass is 16.5. The predicted octanol–water partition coefficient (Wildman–Crippen LogP) is 2.34. The predicted molar refractivity (Wildman–Crippen MR) is 62.5 cm³/mol. The molecule has 0 saturated carbocycles. The van der Waals surface area contributed by atoms with Gasteiger partial charge in [-0.3, -0.25) is 4.79 Å². The van der Waals surface area contributed by atoms with Gasteiger partial charge in [0.1, 0.15) is 0 Å². The van der Waals surface area contributed by atoms with E-state index in [2.05, 4.69) is 13.8 Å². The summed E-state index contributed by atoms with van der Waals surface area (Å²) in [5.41, 5.74) is 5.20. The Kier molecular flexibility index (Phi) is 6.57. The topological polar surface area (TPSA) is 52.3 Å². The van der Waals surface area contributed by atoms with Crippen molar-refractivity contribution in [1.82, 2.24) is 0 Å². The summed E-state index contributed by atoms with van der Waals surface area (Å²) in [7, 11) is 0. The summed E-state index contributed by atoms with van der Waals surface area (Å²) in [6.07, 6.45) is 2.42. The van der Waals surface area contributed by atoms with Crippen LogP contribution in [-0.2, 0) is 9.53 Å². The van der Waals surface area contributed by atoms with Gasteiger partial charge in [0.05, 0.1) is 12.0 Å². The van der Waals surface area contributed by atoms with E-state index in [9.17, 15) is 4.79 Å². The molecule has 0 fully saturated rings. The maximum absolute atomic E-state index is 11.8. The third-order valence-corrected chi connectivity index (χ3v) is 3.11. The Balaban J connectivity index is 4.15. The largest absolute Gasteiger partial charge is 0.465 e. The standard InChI is InChI=1S/C12H25NO2/c1-5-12(6-2,9-13)11(14)15-8-7-10(3)4/h10H,5-9,13H2,1-4H3. The van der Waals surface area contributed by atoms with Crippen LogP contribution in [-0.4, -0.2) is 19.1 Å². The average molecular weight is 215 g/mol. The lowest BCUT2D eigenvalue weighted by Gasteiger charge is -2.27. The highest BCUT2D eigenvalue weighted by molar-refractivity contribution is 5.77. The van der Waals surface area contributed by atoms with E-state index in [1.807, 2.05) is 13.8 Å². The van der Waals surface area contributed by atoms with E-state index in [-0.39, 0.29) is 5.97 Å². The van der Waals surface area contributed by atoms with Crippen molar-refractivity contribution in [2.45, 2.75) is 47.0 Å². The number of ether oxygens (including phenoxy) is 1. The minimum absolute atomic E-state index is 0.129. The van der Waals surface area contributed by atoms with Gasteiger partial charge in [-0.1, -0.05) is 27.7 Å². The first-order valence-corrected chi connectivity index (χ1v) is 5.89. The van der Waals surface area contributed by atoms with Gasteiger partial charge in [-0.2, -0.15) is 0 Å². The first kappa shape index (κ1) is 14.4. The van der Waals surface area contributed by atoms with E-state index in [4.69, 9.17) is 10.5 Å². The Hall–Kier alpha value is -0.570. The van der Waals surface area contributed by atoms with E-state index in [0.29, 0.717) is 19.1 Å². The normalized spacial score (nSPS) is 11.9. The summed E-state index contributed by atoms with van der Waals surface area (Å²) < 4.78 is 5.27. The lowest BCUT2D eigenvalue weighted by molar-refractivity contribution is -0.156. The molecule has 0 aromatic heterocycles. The van der Waals surface area contributed by atoms with E-state index in [1.165, 1.54) is 0 Å². The van der Waals surface area contributed by atoms with Crippen molar-refractivity contribution in [3.05, 3.63) is 0 Å². The Morgan fingerprint density at radius 1 is 1.33 bits per heavy atom. The number of hydrogen-bond donors (Lipinski definition) is 1. The van der Waals surface area contributed by atoms with Crippen molar-refractivity contribution in [1.29, 1.82) is 0 Å². The molecule has 0 heterocycles. The second-order valence-corrected chi connectivity index (χ2v) is 4.51. The zero-order valence-corrected chi connectivity index (χ0v) is 10.5. The van der Waals surface area contributed by atoms with Crippen LogP contribution in [0.5, 0.6) is 0 Å². The van der Waals surface area contributed by atoms with Crippen LogP contribution in [0.25, 0.3) is 0 Å². The van der Waals surface area contributed by atoms with E-state index in [0.717, 1.165) is 19.3 Å². The van der Waals surface area contributed by atoms with Crippen LogP contribution in [0.4, 0.5) is 0 Å². The molecular formula is C12H25NO2. The van der Waals surface area contributed by atoms with Gasteiger partial charge in [0.15, 0.2) is 0 Å². The van der Waals surface area contributed by atoms with Gasteiger partial charge in [0.25, 0.3) is 0 Å². The van der Waals surface area contributed by atoms with E-state index in [1.54, 1.807) is 0 Å². The minimum atomic E-state index is -0.461. The number of carbonyl (C=O) groups excluding carboxylic acids is 1. The fraction of sp³-hybridized carbons (Fsp3) is 0.917. The van der Waals surface area contributed by atoms with Crippen LogP contribution in [0.3, 0.4) is 0 Å². The van der Waals surface area contributed by atoms with Crippen molar-refractivity contribution >= 4 is 5.97 Å². The monoisotopic (exact) mass is 215 g/mol. The van der Waals surface area contributed by atoms with Gasteiger partial charge in [0.2, 0.25) is 0 Å². The number of carbonyl (C=O) groups is 1. The van der Waals surface area contributed by atoms with Gasteiger partial charge in [0, 0.05) is 6.54 Å². The molecule has 0 aliphatic heterocycles. The van der Waals surface area contributed by atoms with Crippen LogP contribution in [0.1, 0.15) is 47.0 Å². The van der Waals surface area contributed by atoms with Crippen molar-refractivity contribution < 1.29 is 9.53 Å². The molecule has 2 N–H and O–H groups in total. The fourth-order valence-corrected chi connectivity index (χ4v) is 1.45. The lowest BCUT2D eigenvalue weighted by atomic mass is 9.82. The lowest BCUT2D eigenvalue weighted by Crippen LogP contribution is -2.39. The highest BCUT2D eigenvalue weighted by Crippen LogP contribution is 2.26. The van der Waals surface area contributed by atoms with Crippen molar-refractivity contribution in [2.75, 3.05) is 13.2 Å². The van der Waals surface area contributed by atoms with E-state index < -0.39 is 5.41 Å². The molecule has 0 aliphatic carbocycles. The molecule has 90 valence electrons. The first-order chi connectivity index (χ1) is 7.02. The summed E-state index contributed by atoms with van der Waals surface area (Å²) in [4.78, 5) is 11.8. The molecule has 0 rings (SSSR count). The zero-order chi connectivity index (χ0) is 11.9. The first-order valence-electron chi connectivity index (χ1n) is 5.89. The Morgan fingerprint density at radius 2 is 1.87 bits per heavy atom. The Bertz CT molecular complexity index is 178. The summed E-state index contributed by atoms with van der Waals surface area (Å²) in [6.45, 7) is 9.09. The summed E-state index contributed by atoms with van der Waals surface area (Å²) in [5.74, 6) is 0.434. The number of esters is 1. The van der Waals surface area contributed by atoms with Gasteiger partial charge in [-0.05, 0) is 25.2 Å². The van der Waals surface area contributed by atoms with Crippen LogP contribution < -0.4 is 5.73 Å². The SMILES string of the molecule is CCC(CC)(CN)C(=O)OCCC(C)C. The minimum Gasteiger partial charge on any atom is -0.465 e. The van der Waals surface area contributed by atoms with Crippen LogP contribution in [0, 0.1) is 11.3 Å². The summed E-state index contributed by atoms with van der Waals surface area (Å²) >= 11 is 0. The molecule has 0 atom stereocenters. The molecule has 0 aromatic carbocycles. The van der Waals surface area contributed by atoms with Gasteiger partial charge in [-0.15, -0.1) is 0 Å². The second-order valence-electron chi connectivity index (χ2n) is 4.51. The Morgan fingerprint density at radius 3 is 2.20 bits per heavy atom. The van der Waals surface area contributed by atoms with Gasteiger partial charge >= 0.3 is 5.97 Å². The number of nitrogens with two attached hydrogens (primary N) is 1. The van der Waals surface area contributed by atoms with Crippen molar-refractivity contribution in [2.24, 2.45) is 17.1 Å². The molecule has 0 aliphatic rings. The second kappa shape index (κ2) is 6.83. The molecule has 0 saturated heterocycles. The van der Waals surface area contributed by atoms with Gasteiger partial charge < -0.3 is 10.5 Å². The average Bonchev–Trinajstić information content (AvgIpc) is 2.21. The molecule has 0 spiro atoms. The number of hydrogen-bond acceptors (Lipinski definition) is 3. The van der Waals surface area contributed by atoms with Crippen molar-refractivity contribution in [3.8, 4) is 0 Å². The van der Waals surface area contributed by atoms with Gasteiger partial charge in [-0.25, -0.2) is 0 Å². The molecule has 0 amide bonds. The molecule has 15 heavy (non-hydrogen) atoms. The maximum Gasteiger partial charge on any atom is 0.313 e. The van der Waals surface area contributed by atoms with Crippen LogP contribution in [0.2, 0.25) is 0 Å². The molecule has 3 heteroatoms. The highest BCUT2D eigenvalue weighted by Gasteiger charge is 2.34. The third-order valence-electron chi connectivity index (χ3n) is 3.11. The number of rotatable bonds is 7.